The number of oxazole rings is 2. The number of carboxylic acids is 3. The fourth-order valence-corrected chi connectivity index (χ4v) is 12.8. The Morgan fingerprint density at radius 1 is 0.647 bits per heavy atom. The number of hydrogen-bond donors (Lipinski definition) is 4. The van der Waals surface area contributed by atoms with E-state index in [4.69, 9.17) is 37.7 Å². The molecule has 0 spiro atoms. The van der Waals surface area contributed by atoms with Crippen molar-refractivity contribution in [1.82, 2.24) is 28.2 Å². The van der Waals surface area contributed by atoms with Crippen molar-refractivity contribution in [3.63, 3.8) is 0 Å². The molecule has 4 N–H and O–H groups in total. The van der Waals surface area contributed by atoms with E-state index < -0.39 is 63.7 Å². The van der Waals surface area contributed by atoms with Gasteiger partial charge in [0.25, 0.3) is 17.1 Å². The van der Waals surface area contributed by atoms with Gasteiger partial charge in [-0.25, -0.2) is 38.3 Å². The van der Waals surface area contributed by atoms with Crippen molar-refractivity contribution >= 4 is 61.0 Å². The number of aliphatic carboxylic acids is 3. The number of thiophene rings is 2. The van der Waals surface area contributed by atoms with Gasteiger partial charge >= 0.3 is 23.3 Å². The first kappa shape index (κ1) is 64.9. The molecule has 0 unspecified atom stereocenters. The van der Waals surface area contributed by atoms with Crippen molar-refractivity contribution in [3.8, 4) is 21.5 Å². The average molecular weight is 1210 g/mol. The van der Waals surface area contributed by atoms with Crippen molar-refractivity contribution in [2.45, 2.75) is 150 Å². The Morgan fingerprint density at radius 2 is 1.01 bits per heavy atom. The number of aliphatic hydroxyl groups excluding tert-OH is 1. The molecule has 0 aliphatic carbocycles. The van der Waals surface area contributed by atoms with Crippen molar-refractivity contribution in [2.75, 3.05) is 26.4 Å². The molecule has 2 atom stereocenters. The topological polar surface area (TPSA) is 309 Å². The Morgan fingerprint density at radius 3 is 1.35 bits per heavy atom. The normalized spacial score (nSPS) is 14.9. The summed E-state index contributed by atoms with van der Waals surface area (Å²) in [6.45, 7) is 14.1. The van der Waals surface area contributed by atoms with Crippen LogP contribution in [0.15, 0.2) is 101 Å². The second-order valence-corrected chi connectivity index (χ2v) is 23.2. The number of benzene rings is 2. The third-order valence-electron chi connectivity index (χ3n) is 14.9. The Bertz CT molecular complexity index is 3640. The molecule has 0 amide bonds. The van der Waals surface area contributed by atoms with Crippen LogP contribution in [-0.2, 0) is 70.5 Å². The second kappa shape index (κ2) is 27.6. The molecule has 456 valence electrons. The SMILES string of the molecule is C.CC(=O)O.CCc1ccccc1[C@H](Cn1c(=O)n(C(C)(C)C(=O)O)c(=O)c2c(C)c(-c3ncco3)sc21)OC1CCOCC1.Cc1c(-c2ncco2)sc2c1c(=O)n(C(C)(C)C(=O)O)c(=O)n2C[C@H](OC1CCOCC1)c1ccccc1CO. The first-order valence-corrected chi connectivity index (χ1v) is 28.9. The van der Waals surface area contributed by atoms with Crippen LogP contribution in [0.4, 0.5) is 0 Å². The van der Waals surface area contributed by atoms with Gasteiger partial charge in [-0.1, -0.05) is 62.9 Å². The van der Waals surface area contributed by atoms with Gasteiger partial charge in [-0.15, -0.1) is 22.7 Å². The van der Waals surface area contributed by atoms with Crippen LogP contribution < -0.4 is 22.5 Å². The maximum atomic E-state index is 14.1. The number of rotatable bonds is 18. The monoisotopic (exact) mass is 1210 g/mol. The molecule has 8 heterocycles. The lowest BCUT2D eigenvalue weighted by Gasteiger charge is -2.30. The smallest absolute Gasteiger partial charge is 0.333 e. The molecule has 0 saturated carbocycles. The number of ether oxygens (including phenoxy) is 4. The molecule has 23 nitrogen and oxygen atoms in total. The molecule has 2 aliphatic rings. The molecular weight excluding hydrogens is 1140 g/mol. The van der Waals surface area contributed by atoms with Gasteiger partial charge in [0.1, 0.15) is 45.5 Å². The predicted octanol–water partition coefficient (Wildman–Crippen LogP) is 8.67. The molecular formula is C60H72N6O17S2. The summed E-state index contributed by atoms with van der Waals surface area (Å²) in [4.78, 5) is 99.8. The van der Waals surface area contributed by atoms with E-state index in [1.54, 1.807) is 19.9 Å². The van der Waals surface area contributed by atoms with Crippen molar-refractivity contribution in [2.24, 2.45) is 0 Å². The molecule has 0 bridgehead atoms. The standard InChI is InChI=1S/C29H33N3O7S.C28H31N3O8S.C2H4O2.CH4/c1-5-18-8-6-7-9-20(18)21(39-19-10-13-37-14-11-19)16-31-26-22(17(2)23(40-26)24-30-12-15-38-24)25(33)32(28(31)36)29(3,4)27(34)35;1-16-21-24(33)31(28(2,3)26(34)35)27(36)30(25(21)40-22(16)23-29-10-13-38-23)14-20(39-18-8-11-37-12-9-18)19-7-5-4-6-17(19)15-32;1-2(3)4;/h6-9,12,15,19,21H,5,10-11,13-14,16H2,1-4H3,(H,34,35);4-7,10,13,18,20,32H,8-9,11-12,14-15H2,1-3H3,(H,34,35);1H3,(H,3,4);1H4/t21-;20-;;/m00../s1. The summed E-state index contributed by atoms with van der Waals surface area (Å²) in [6.07, 6.45) is 8.01. The maximum absolute atomic E-state index is 14.1. The van der Waals surface area contributed by atoms with Crippen LogP contribution in [0.25, 0.3) is 42.0 Å². The van der Waals surface area contributed by atoms with Gasteiger partial charge in [0.15, 0.2) is 0 Å². The first-order chi connectivity index (χ1) is 40.0. The fraction of sp³-hybridized carbons (Fsp3) is 0.450. The maximum Gasteiger partial charge on any atom is 0.333 e. The first-order valence-electron chi connectivity index (χ1n) is 27.3. The number of fused-ring (bicyclic) bond motifs is 2. The van der Waals surface area contributed by atoms with Crippen LogP contribution in [0.2, 0.25) is 0 Å². The highest BCUT2D eigenvalue weighted by Gasteiger charge is 2.38. The number of aromatic nitrogens is 6. The van der Waals surface area contributed by atoms with Crippen LogP contribution in [-0.4, -0.2) is 105 Å². The Kier molecular flexibility index (Phi) is 21.1. The van der Waals surface area contributed by atoms with E-state index in [1.807, 2.05) is 42.5 Å². The third-order valence-corrected chi connectivity index (χ3v) is 17.6. The number of carbonyl (C=O) groups is 3. The van der Waals surface area contributed by atoms with Gasteiger partial charge in [0.2, 0.25) is 11.8 Å². The fourth-order valence-electron chi connectivity index (χ4n) is 10.3. The second-order valence-electron chi connectivity index (χ2n) is 21.2. The molecule has 85 heavy (non-hydrogen) atoms. The zero-order chi connectivity index (χ0) is 60.8. The Balaban J connectivity index is 0.000000227. The molecule has 2 aliphatic heterocycles. The van der Waals surface area contributed by atoms with Gasteiger partial charge < -0.3 is 48.2 Å². The third kappa shape index (κ3) is 13.6. The molecule has 8 aromatic rings. The van der Waals surface area contributed by atoms with E-state index in [0.717, 1.165) is 46.4 Å². The molecule has 0 radical (unpaired) electrons. The van der Waals surface area contributed by atoms with Crippen molar-refractivity contribution < 1.29 is 62.6 Å². The van der Waals surface area contributed by atoms with Gasteiger partial charge in [0, 0.05) is 33.4 Å². The predicted molar refractivity (Wildman–Crippen MR) is 319 cm³/mol. The number of carboxylic acid groups (broad SMARTS) is 3. The summed E-state index contributed by atoms with van der Waals surface area (Å²) in [5.74, 6) is -2.82. The van der Waals surface area contributed by atoms with Gasteiger partial charge in [-0.2, -0.15) is 0 Å². The zero-order valence-electron chi connectivity index (χ0n) is 47.8. The highest BCUT2D eigenvalue weighted by Crippen LogP contribution is 2.39. The highest BCUT2D eigenvalue weighted by atomic mass is 32.1. The van der Waals surface area contributed by atoms with E-state index in [-0.39, 0.29) is 50.1 Å². The Hall–Kier alpha value is -7.65. The van der Waals surface area contributed by atoms with E-state index in [0.29, 0.717) is 92.7 Å². The number of nitrogens with zero attached hydrogens (tertiary/aromatic N) is 6. The lowest BCUT2D eigenvalue weighted by Crippen LogP contribution is -2.52. The molecule has 10 rings (SSSR count). The van der Waals surface area contributed by atoms with Gasteiger partial charge in [-0.05, 0) is 107 Å². The molecule has 2 aromatic carbocycles. The van der Waals surface area contributed by atoms with Crippen LogP contribution in [0.3, 0.4) is 0 Å². The van der Waals surface area contributed by atoms with Crippen LogP contribution >= 0.6 is 22.7 Å². The molecule has 6 aromatic heterocycles. The Labute approximate surface area is 496 Å². The largest absolute Gasteiger partial charge is 0.481 e. The lowest BCUT2D eigenvalue weighted by atomic mass is 9.99. The summed E-state index contributed by atoms with van der Waals surface area (Å²) in [6, 6.07) is 15.2. The average Bonchev–Trinajstić information content (AvgIpc) is 1.85. The molecule has 2 fully saturated rings. The van der Waals surface area contributed by atoms with E-state index in [1.165, 1.54) is 84.4 Å². The summed E-state index contributed by atoms with van der Waals surface area (Å²) in [5, 5.41) is 38.0. The van der Waals surface area contributed by atoms with Crippen LogP contribution in [0.5, 0.6) is 0 Å². The minimum atomic E-state index is -1.83. The number of hydrogen-bond acceptors (Lipinski definition) is 18. The van der Waals surface area contributed by atoms with Crippen LogP contribution in [0, 0.1) is 13.8 Å². The van der Waals surface area contributed by atoms with Crippen molar-refractivity contribution in [1.29, 1.82) is 0 Å². The summed E-state index contributed by atoms with van der Waals surface area (Å²) < 4.78 is 39.8. The summed E-state index contributed by atoms with van der Waals surface area (Å²) >= 11 is 2.41. The summed E-state index contributed by atoms with van der Waals surface area (Å²) in [5.41, 5.74) is -1.97. The van der Waals surface area contributed by atoms with Crippen LogP contribution in [0.1, 0.15) is 120 Å². The summed E-state index contributed by atoms with van der Waals surface area (Å²) in [7, 11) is 0. The molecule has 25 heteroatoms. The van der Waals surface area contributed by atoms with Gasteiger partial charge in [0.05, 0.1) is 64.8 Å². The number of aryl methyl sites for hydroxylation is 3. The molecule has 2 saturated heterocycles. The van der Waals surface area contributed by atoms with Gasteiger partial charge in [-0.3, -0.25) is 23.5 Å². The quantitative estimate of drug-likeness (QED) is 0.0624. The zero-order valence-corrected chi connectivity index (χ0v) is 49.5. The minimum absolute atomic E-state index is 0. The minimum Gasteiger partial charge on any atom is -0.481 e. The van der Waals surface area contributed by atoms with Crippen molar-refractivity contribution in [3.05, 3.63) is 149 Å². The number of aliphatic hydroxyl groups is 1. The van der Waals surface area contributed by atoms with E-state index in [9.17, 15) is 44.1 Å². The lowest BCUT2D eigenvalue weighted by molar-refractivity contribution is -0.146. The highest BCUT2D eigenvalue weighted by molar-refractivity contribution is 7.22. The van der Waals surface area contributed by atoms with E-state index in [2.05, 4.69) is 16.9 Å². The van der Waals surface area contributed by atoms with E-state index >= 15 is 0 Å².